The Kier molecular flexibility index (Phi) is 7.82. The number of hydrogen-bond donors (Lipinski definition) is 2. The van der Waals surface area contributed by atoms with Crippen molar-refractivity contribution in [3.8, 4) is 5.75 Å². The number of esters is 1. The molecule has 1 amide bonds. The van der Waals surface area contributed by atoms with Crippen LogP contribution >= 0.6 is 15.9 Å². The van der Waals surface area contributed by atoms with E-state index in [0.29, 0.717) is 17.9 Å². The van der Waals surface area contributed by atoms with E-state index in [1.165, 1.54) is 0 Å². The van der Waals surface area contributed by atoms with Crippen LogP contribution in [-0.4, -0.2) is 32.1 Å². The van der Waals surface area contributed by atoms with Gasteiger partial charge in [0.25, 0.3) is 0 Å². The van der Waals surface area contributed by atoms with E-state index in [1.807, 2.05) is 25.1 Å². The molecule has 144 valence electrons. The molecular formula is C20H23BrN2O4. The summed E-state index contributed by atoms with van der Waals surface area (Å²) < 4.78 is 11.0. The Morgan fingerprint density at radius 2 is 1.85 bits per heavy atom. The number of nitrogens with one attached hydrogen (secondary N) is 2. The number of rotatable bonds is 8. The summed E-state index contributed by atoms with van der Waals surface area (Å²) >= 11 is 3.46. The third-order valence-corrected chi connectivity index (χ3v) is 4.54. The molecule has 2 rings (SSSR count). The monoisotopic (exact) mass is 434 g/mol. The van der Waals surface area contributed by atoms with E-state index in [9.17, 15) is 9.59 Å². The summed E-state index contributed by atoms with van der Waals surface area (Å²) in [5.74, 6) is 0.213. The van der Waals surface area contributed by atoms with Gasteiger partial charge in [0.1, 0.15) is 5.75 Å². The van der Waals surface area contributed by atoms with Gasteiger partial charge in [0, 0.05) is 11.7 Å². The average Bonchev–Trinajstić information content (AvgIpc) is 2.66. The molecule has 0 radical (unpaired) electrons. The molecule has 2 aromatic rings. The molecular weight excluding hydrogens is 412 g/mol. The first kappa shape index (κ1) is 20.9. The lowest BCUT2D eigenvalue weighted by atomic mass is 10.1. The van der Waals surface area contributed by atoms with E-state index in [0.717, 1.165) is 15.8 Å². The summed E-state index contributed by atoms with van der Waals surface area (Å²) in [6, 6.07) is 12.4. The number of methoxy groups -OCH3 is 1. The fourth-order valence-electron chi connectivity index (χ4n) is 2.42. The molecule has 0 saturated carbocycles. The van der Waals surface area contributed by atoms with Crippen LogP contribution in [0.1, 0.15) is 35.8 Å². The summed E-state index contributed by atoms with van der Waals surface area (Å²) in [6.07, 6.45) is 0. The highest BCUT2D eigenvalue weighted by atomic mass is 79.9. The first-order valence-electron chi connectivity index (χ1n) is 8.58. The summed E-state index contributed by atoms with van der Waals surface area (Å²) in [6.45, 7) is 4.22. The second-order valence-electron chi connectivity index (χ2n) is 5.84. The predicted molar refractivity (Wildman–Crippen MR) is 108 cm³/mol. The van der Waals surface area contributed by atoms with Gasteiger partial charge in [0.05, 0.1) is 30.3 Å². The third kappa shape index (κ3) is 6.08. The number of ether oxygens (including phenoxy) is 2. The molecule has 0 aliphatic heterocycles. The highest BCUT2D eigenvalue weighted by molar-refractivity contribution is 9.10. The molecule has 27 heavy (non-hydrogen) atoms. The van der Waals surface area contributed by atoms with Crippen LogP contribution in [-0.2, 0) is 9.53 Å². The van der Waals surface area contributed by atoms with Gasteiger partial charge in [0.15, 0.2) is 0 Å². The van der Waals surface area contributed by atoms with E-state index in [-0.39, 0.29) is 24.5 Å². The van der Waals surface area contributed by atoms with Crippen LogP contribution < -0.4 is 15.4 Å². The second kappa shape index (κ2) is 10.1. The van der Waals surface area contributed by atoms with Gasteiger partial charge in [-0.15, -0.1) is 0 Å². The number of hydrogen-bond acceptors (Lipinski definition) is 5. The fourth-order valence-corrected chi connectivity index (χ4v) is 2.98. The van der Waals surface area contributed by atoms with Crippen molar-refractivity contribution >= 4 is 33.5 Å². The van der Waals surface area contributed by atoms with Crippen molar-refractivity contribution in [2.24, 2.45) is 0 Å². The Hall–Kier alpha value is -2.38. The van der Waals surface area contributed by atoms with Gasteiger partial charge in [-0.2, -0.15) is 0 Å². The van der Waals surface area contributed by atoms with Crippen LogP contribution in [0, 0.1) is 0 Å². The van der Waals surface area contributed by atoms with Gasteiger partial charge >= 0.3 is 5.97 Å². The Bertz CT molecular complexity index is 793. The summed E-state index contributed by atoms with van der Waals surface area (Å²) in [4.78, 5) is 23.8. The Morgan fingerprint density at radius 1 is 1.15 bits per heavy atom. The summed E-state index contributed by atoms with van der Waals surface area (Å²) in [5.41, 5.74) is 2.11. The van der Waals surface area contributed by atoms with Crippen LogP contribution in [0.15, 0.2) is 46.9 Å². The van der Waals surface area contributed by atoms with Crippen molar-refractivity contribution in [3.05, 3.63) is 58.1 Å². The van der Waals surface area contributed by atoms with E-state index in [2.05, 4.69) is 26.6 Å². The number of carbonyl (C=O) groups excluding carboxylic acids is 2. The lowest BCUT2D eigenvalue weighted by molar-refractivity contribution is -0.115. The zero-order valence-corrected chi connectivity index (χ0v) is 17.1. The largest absolute Gasteiger partial charge is 0.496 e. The Labute approximate surface area is 167 Å². The molecule has 2 aromatic carbocycles. The minimum atomic E-state index is -0.378. The standard InChI is InChI=1S/C20H23BrN2O4/c1-4-27-20(25)14-5-8-16(9-6-14)23-19(24)12-22-13(2)15-7-10-18(26-3)17(21)11-15/h5-11,13,22H,4,12H2,1-3H3,(H,23,24). The molecule has 0 fully saturated rings. The Balaban J connectivity index is 1.86. The zero-order chi connectivity index (χ0) is 19.8. The van der Waals surface area contributed by atoms with Gasteiger partial charge < -0.3 is 20.1 Å². The van der Waals surface area contributed by atoms with Crippen LogP contribution in [0.4, 0.5) is 5.69 Å². The molecule has 0 heterocycles. The first-order chi connectivity index (χ1) is 12.9. The molecule has 0 aliphatic carbocycles. The highest BCUT2D eigenvalue weighted by Gasteiger charge is 2.11. The highest BCUT2D eigenvalue weighted by Crippen LogP contribution is 2.27. The van der Waals surface area contributed by atoms with Crippen LogP contribution in [0.25, 0.3) is 0 Å². The lowest BCUT2D eigenvalue weighted by Crippen LogP contribution is -2.30. The quantitative estimate of drug-likeness (QED) is 0.615. The molecule has 0 saturated heterocycles. The van der Waals surface area contributed by atoms with E-state index in [4.69, 9.17) is 9.47 Å². The number of anilines is 1. The Morgan fingerprint density at radius 3 is 2.44 bits per heavy atom. The number of amides is 1. The number of benzene rings is 2. The molecule has 1 atom stereocenters. The third-order valence-electron chi connectivity index (χ3n) is 3.92. The summed E-state index contributed by atoms with van der Waals surface area (Å²) in [5, 5.41) is 5.98. The molecule has 6 nitrogen and oxygen atoms in total. The molecule has 2 N–H and O–H groups in total. The van der Waals surface area contributed by atoms with Crippen molar-refractivity contribution < 1.29 is 19.1 Å². The predicted octanol–water partition coefficient (Wildman–Crippen LogP) is 3.92. The van der Waals surface area contributed by atoms with E-state index < -0.39 is 0 Å². The van der Waals surface area contributed by atoms with Crippen molar-refractivity contribution in [1.82, 2.24) is 5.32 Å². The summed E-state index contributed by atoms with van der Waals surface area (Å²) in [7, 11) is 1.62. The maximum absolute atomic E-state index is 12.1. The molecule has 0 spiro atoms. The lowest BCUT2D eigenvalue weighted by Gasteiger charge is -2.15. The van der Waals surface area contributed by atoms with Crippen molar-refractivity contribution in [2.45, 2.75) is 19.9 Å². The van der Waals surface area contributed by atoms with Crippen LogP contribution in [0.3, 0.4) is 0 Å². The van der Waals surface area contributed by atoms with Crippen molar-refractivity contribution in [2.75, 3.05) is 25.6 Å². The molecule has 1 unspecified atom stereocenters. The van der Waals surface area contributed by atoms with Crippen molar-refractivity contribution in [1.29, 1.82) is 0 Å². The van der Waals surface area contributed by atoms with E-state index >= 15 is 0 Å². The first-order valence-corrected chi connectivity index (χ1v) is 9.37. The minimum absolute atomic E-state index is 0.0100. The smallest absolute Gasteiger partial charge is 0.338 e. The zero-order valence-electron chi connectivity index (χ0n) is 15.5. The van der Waals surface area contributed by atoms with E-state index in [1.54, 1.807) is 38.3 Å². The molecule has 0 aromatic heterocycles. The molecule has 0 bridgehead atoms. The number of halogens is 1. The molecule has 0 aliphatic rings. The topological polar surface area (TPSA) is 76.7 Å². The SMILES string of the molecule is CCOC(=O)c1ccc(NC(=O)CNC(C)c2ccc(OC)c(Br)c2)cc1. The van der Waals surface area contributed by atoms with Gasteiger partial charge in [0.2, 0.25) is 5.91 Å². The van der Waals surface area contributed by atoms with Gasteiger partial charge in [-0.05, 0) is 71.7 Å². The second-order valence-corrected chi connectivity index (χ2v) is 6.70. The fraction of sp³-hybridized carbons (Fsp3) is 0.300. The maximum Gasteiger partial charge on any atom is 0.338 e. The minimum Gasteiger partial charge on any atom is -0.496 e. The average molecular weight is 435 g/mol. The van der Waals surface area contributed by atoms with Gasteiger partial charge in [-0.3, -0.25) is 4.79 Å². The van der Waals surface area contributed by atoms with Gasteiger partial charge in [-0.1, -0.05) is 6.07 Å². The van der Waals surface area contributed by atoms with Crippen LogP contribution in [0.2, 0.25) is 0 Å². The number of carbonyl (C=O) groups is 2. The van der Waals surface area contributed by atoms with Gasteiger partial charge in [-0.25, -0.2) is 4.79 Å². The van der Waals surface area contributed by atoms with Crippen LogP contribution in [0.5, 0.6) is 5.75 Å². The normalized spacial score (nSPS) is 11.6. The van der Waals surface area contributed by atoms with Crippen molar-refractivity contribution in [3.63, 3.8) is 0 Å². The maximum atomic E-state index is 12.1. The molecule has 7 heteroatoms.